The van der Waals surface area contributed by atoms with Gasteiger partial charge < -0.3 is 42.1 Å². The van der Waals surface area contributed by atoms with Gasteiger partial charge in [0, 0.05) is 57.3 Å². The van der Waals surface area contributed by atoms with Gasteiger partial charge in [0.25, 0.3) is 0 Å². The third-order valence-corrected chi connectivity index (χ3v) is 9.35. The van der Waals surface area contributed by atoms with E-state index in [1.54, 1.807) is 0 Å². The number of carboxylic acids is 4. The van der Waals surface area contributed by atoms with Gasteiger partial charge in [0.1, 0.15) is 0 Å². The number of aliphatic carboxylic acids is 4. The van der Waals surface area contributed by atoms with E-state index in [4.69, 9.17) is 55.1 Å². The quantitative estimate of drug-likeness (QED) is 0.123. The molecule has 288 valence electrons. The average molecular weight is 768 g/mol. The first kappa shape index (κ1) is 46.2. The van der Waals surface area contributed by atoms with Crippen molar-refractivity contribution in [1.82, 2.24) is 0 Å². The zero-order valence-electron chi connectivity index (χ0n) is 29.9. The number of benzene rings is 2. The smallest absolute Gasteiger partial charge is 0.328 e. The molecule has 0 unspecified atom stereocenters. The number of hydrogen-bond donors (Lipinski definition) is 8. The Labute approximate surface area is 314 Å². The zero-order chi connectivity index (χ0) is 39.8. The topological polar surface area (TPSA) is 242 Å². The number of nitrogens with two attached hydrogens (primary N) is 2. The fourth-order valence-corrected chi connectivity index (χ4v) is 6.64. The molecule has 0 aromatic heterocycles. The molecule has 14 heteroatoms. The van der Waals surface area contributed by atoms with E-state index in [1.165, 1.54) is 11.1 Å². The van der Waals surface area contributed by atoms with Gasteiger partial charge in [-0.1, -0.05) is 75.2 Å². The van der Waals surface area contributed by atoms with Gasteiger partial charge in [0.05, 0.1) is 12.2 Å². The zero-order valence-corrected chi connectivity index (χ0v) is 31.4. The fourth-order valence-electron chi connectivity index (χ4n) is 6.38. The van der Waals surface area contributed by atoms with Crippen LogP contribution in [0.4, 0.5) is 0 Å². The van der Waals surface area contributed by atoms with Crippen molar-refractivity contribution in [2.75, 3.05) is 0 Å². The van der Waals surface area contributed by atoms with Crippen molar-refractivity contribution in [2.45, 2.75) is 101 Å². The van der Waals surface area contributed by atoms with Gasteiger partial charge in [0.15, 0.2) is 0 Å². The van der Waals surface area contributed by atoms with Crippen LogP contribution in [0.5, 0.6) is 0 Å². The molecule has 2 aliphatic carbocycles. The Hall–Kier alpha value is -3.78. The SMILES string of the molecule is CC(C)C[C@@H](N)C1(c2ccc(Cl)cc2)CC(O)C1.CC(C)C[C@@H](N)C1(c2ccc(Cl)cc2)CC(O)C1.O=C(O)/C=C/C(=O)O.O=C(O)/C=C/C(=O)O. The van der Waals surface area contributed by atoms with Gasteiger partial charge in [-0.25, -0.2) is 19.2 Å². The lowest BCUT2D eigenvalue weighted by Crippen LogP contribution is -2.56. The molecule has 10 N–H and O–H groups in total. The monoisotopic (exact) mass is 766 g/mol. The largest absolute Gasteiger partial charge is 0.478 e. The first-order chi connectivity index (χ1) is 24.1. The minimum Gasteiger partial charge on any atom is -0.478 e. The Bertz CT molecular complexity index is 1350. The molecule has 0 radical (unpaired) electrons. The molecule has 2 aromatic rings. The maximum absolute atomic E-state index is 9.70. The molecule has 2 saturated carbocycles. The van der Waals surface area contributed by atoms with E-state index in [9.17, 15) is 29.4 Å². The second-order valence-corrected chi connectivity index (χ2v) is 14.8. The van der Waals surface area contributed by atoms with Crippen LogP contribution in [0.15, 0.2) is 72.8 Å². The van der Waals surface area contributed by atoms with Gasteiger partial charge in [0.2, 0.25) is 0 Å². The van der Waals surface area contributed by atoms with E-state index < -0.39 is 23.9 Å². The third kappa shape index (κ3) is 15.4. The Morgan fingerprint density at radius 2 is 0.827 bits per heavy atom. The van der Waals surface area contributed by atoms with Crippen molar-refractivity contribution in [3.8, 4) is 0 Å². The normalized spacial score (nSPS) is 23.1. The van der Waals surface area contributed by atoms with Crippen LogP contribution in [0.1, 0.15) is 77.3 Å². The van der Waals surface area contributed by atoms with Crippen LogP contribution in [-0.2, 0) is 30.0 Å². The molecule has 12 nitrogen and oxygen atoms in total. The van der Waals surface area contributed by atoms with E-state index in [0.717, 1.165) is 48.6 Å². The summed E-state index contributed by atoms with van der Waals surface area (Å²) in [4.78, 5) is 38.2. The van der Waals surface area contributed by atoms with Crippen LogP contribution < -0.4 is 11.5 Å². The van der Waals surface area contributed by atoms with Gasteiger partial charge in [-0.15, -0.1) is 0 Å². The number of halogens is 2. The molecule has 2 fully saturated rings. The molecule has 0 spiro atoms. The Balaban J connectivity index is 0.000000373. The van der Waals surface area contributed by atoms with Crippen molar-refractivity contribution in [3.63, 3.8) is 0 Å². The van der Waals surface area contributed by atoms with E-state index in [2.05, 4.69) is 52.0 Å². The van der Waals surface area contributed by atoms with E-state index in [-0.39, 0.29) is 35.1 Å². The highest BCUT2D eigenvalue weighted by atomic mass is 35.5. The van der Waals surface area contributed by atoms with Crippen LogP contribution in [0.2, 0.25) is 10.0 Å². The molecule has 0 saturated heterocycles. The molecule has 4 rings (SSSR count). The van der Waals surface area contributed by atoms with Crippen molar-refractivity contribution >= 4 is 47.1 Å². The van der Waals surface area contributed by atoms with Crippen LogP contribution in [0.25, 0.3) is 0 Å². The summed E-state index contributed by atoms with van der Waals surface area (Å²) in [5.41, 5.74) is 15.1. The van der Waals surface area contributed by atoms with Crippen LogP contribution in [-0.4, -0.2) is 78.8 Å². The van der Waals surface area contributed by atoms with Gasteiger partial charge in [-0.05, 0) is 85.8 Å². The van der Waals surface area contributed by atoms with E-state index in [0.29, 0.717) is 36.1 Å². The number of aliphatic hydroxyl groups is 2. The van der Waals surface area contributed by atoms with E-state index >= 15 is 0 Å². The van der Waals surface area contributed by atoms with Crippen LogP contribution >= 0.6 is 23.2 Å². The summed E-state index contributed by atoms with van der Waals surface area (Å²) in [6.07, 6.45) is 6.84. The van der Waals surface area contributed by atoms with Gasteiger partial charge in [-0.2, -0.15) is 0 Å². The Kier molecular flexibility index (Phi) is 19.3. The van der Waals surface area contributed by atoms with Crippen LogP contribution in [0.3, 0.4) is 0 Å². The van der Waals surface area contributed by atoms with Gasteiger partial charge in [-0.3, -0.25) is 0 Å². The summed E-state index contributed by atoms with van der Waals surface area (Å²) in [5.74, 6) is -3.89. The first-order valence-corrected chi connectivity index (χ1v) is 17.6. The molecule has 2 atom stereocenters. The molecule has 0 amide bonds. The first-order valence-electron chi connectivity index (χ1n) is 16.8. The average Bonchev–Trinajstić information content (AvgIpc) is 3.00. The lowest BCUT2D eigenvalue weighted by molar-refractivity contribution is -0.134. The molecule has 0 bridgehead atoms. The van der Waals surface area contributed by atoms with E-state index in [1.807, 2.05) is 24.3 Å². The lowest BCUT2D eigenvalue weighted by atomic mass is 9.57. The summed E-state index contributed by atoms with van der Waals surface area (Å²) in [7, 11) is 0. The molecule has 52 heavy (non-hydrogen) atoms. The lowest BCUT2D eigenvalue weighted by Gasteiger charge is -2.50. The summed E-state index contributed by atoms with van der Waals surface area (Å²) in [6, 6.07) is 16.0. The van der Waals surface area contributed by atoms with Crippen LogP contribution in [0, 0.1) is 11.8 Å². The summed E-state index contributed by atoms with van der Waals surface area (Å²) >= 11 is 11.9. The minimum absolute atomic E-state index is 0.0612. The highest BCUT2D eigenvalue weighted by molar-refractivity contribution is 6.30. The third-order valence-electron chi connectivity index (χ3n) is 8.84. The number of carboxylic acid groups (broad SMARTS) is 4. The minimum atomic E-state index is -1.26. The fraction of sp³-hybridized carbons (Fsp3) is 0.474. The molecular formula is C38H52Cl2N2O10. The summed E-state index contributed by atoms with van der Waals surface area (Å²) in [5, 5.41) is 52.1. The second-order valence-electron chi connectivity index (χ2n) is 13.9. The number of aliphatic hydroxyl groups excluding tert-OH is 2. The Morgan fingerprint density at radius 1 is 0.596 bits per heavy atom. The highest BCUT2D eigenvalue weighted by Gasteiger charge is 2.50. The highest BCUT2D eigenvalue weighted by Crippen LogP contribution is 2.48. The predicted octanol–water partition coefficient (Wildman–Crippen LogP) is 5.64. The maximum Gasteiger partial charge on any atom is 0.328 e. The summed E-state index contributed by atoms with van der Waals surface area (Å²) in [6.45, 7) is 8.74. The molecule has 2 aliphatic rings. The molecule has 0 aliphatic heterocycles. The van der Waals surface area contributed by atoms with Gasteiger partial charge >= 0.3 is 23.9 Å². The standard InChI is InChI=1S/2C15H22ClNO.2C4H4O4/c2*1-10(2)7-14(17)15(8-13(18)9-15)11-3-5-12(16)6-4-11;2*5-3(6)1-2-4(7)8/h2*3-6,10,13-14,18H,7-9,17H2,1-2H3;2*1-2H,(H,5,6)(H,7,8)/b;;2*2-1+/t2*13?,14-,15?;;/m11../s1. The Morgan fingerprint density at radius 3 is 1.00 bits per heavy atom. The van der Waals surface area contributed by atoms with Crippen molar-refractivity contribution in [2.24, 2.45) is 23.3 Å². The van der Waals surface area contributed by atoms with Crippen molar-refractivity contribution in [3.05, 3.63) is 94.0 Å². The molecule has 0 heterocycles. The summed E-state index contributed by atoms with van der Waals surface area (Å²) < 4.78 is 0. The second kappa shape index (κ2) is 21.7. The molecule has 2 aromatic carbocycles. The maximum atomic E-state index is 9.70. The predicted molar refractivity (Wildman–Crippen MR) is 200 cm³/mol. The molecular weight excluding hydrogens is 715 g/mol. The van der Waals surface area contributed by atoms with Crippen molar-refractivity contribution < 1.29 is 49.8 Å². The van der Waals surface area contributed by atoms with Crippen molar-refractivity contribution in [1.29, 1.82) is 0 Å². The number of carbonyl (C=O) groups is 4. The number of hydrogen-bond acceptors (Lipinski definition) is 8. The number of rotatable bonds is 12.